The molecule has 4 rings (SSSR count). The van der Waals surface area contributed by atoms with Crippen LogP contribution in [0.25, 0.3) is 0 Å². The zero-order valence-corrected chi connectivity index (χ0v) is 14.0. The standard InChI is InChI=1S/C19H21N3O3/c23-18(12-14-6-1-3-9-20-14)22-13-16(19-15(22)7-5-11-24-19)25-17-8-2-4-10-21-17/h1-4,6,8-10,15-16,19H,5,7,11-13H2/t15-,16+,19+/m1/s1. The van der Waals surface area contributed by atoms with Gasteiger partial charge in [0.15, 0.2) is 0 Å². The number of pyridine rings is 2. The number of hydrogen-bond acceptors (Lipinski definition) is 5. The van der Waals surface area contributed by atoms with Gasteiger partial charge < -0.3 is 14.4 Å². The van der Waals surface area contributed by atoms with Gasteiger partial charge in [-0.2, -0.15) is 0 Å². The van der Waals surface area contributed by atoms with Crippen LogP contribution in [0.1, 0.15) is 18.5 Å². The highest BCUT2D eigenvalue weighted by Gasteiger charge is 2.47. The molecule has 2 aliphatic heterocycles. The molecular formula is C19H21N3O3. The average Bonchev–Trinajstić information content (AvgIpc) is 3.02. The first-order chi connectivity index (χ1) is 12.3. The predicted molar refractivity (Wildman–Crippen MR) is 91.1 cm³/mol. The Morgan fingerprint density at radius 3 is 2.80 bits per heavy atom. The van der Waals surface area contributed by atoms with Crippen molar-refractivity contribution in [3.8, 4) is 5.88 Å². The molecule has 3 atom stereocenters. The van der Waals surface area contributed by atoms with E-state index in [4.69, 9.17) is 9.47 Å². The Balaban J connectivity index is 1.49. The highest BCUT2D eigenvalue weighted by Crippen LogP contribution is 2.31. The number of likely N-dealkylation sites (tertiary alicyclic amines) is 1. The summed E-state index contributed by atoms with van der Waals surface area (Å²) >= 11 is 0. The summed E-state index contributed by atoms with van der Waals surface area (Å²) in [6.07, 6.45) is 5.35. The third-order valence-electron chi connectivity index (χ3n) is 4.77. The van der Waals surface area contributed by atoms with E-state index >= 15 is 0 Å². The predicted octanol–water partition coefficient (Wildman–Crippen LogP) is 1.86. The van der Waals surface area contributed by atoms with Gasteiger partial charge in [0, 0.05) is 30.8 Å². The van der Waals surface area contributed by atoms with Crippen molar-refractivity contribution in [2.45, 2.75) is 37.5 Å². The molecule has 130 valence electrons. The maximum Gasteiger partial charge on any atom is 0.229 e. The van der Waals surface area contributed by atoms with E-state index in [1.807, 2.05) is 41.3 Å². The van der Waals surface area contributed by atoms with Gasteiger partial charge in [-0.1, -0.05) is 12.1 Å². The second kappa shape index (κ2) is 7.19. The molecule has 25 heavy (non-hydrogen) atoms. The van der Waals surface area contributed by atoms with E-state index in [2.05, 4.69) is 9.97 Å². The highest BCUT2D eigenvalue weighted by atomic mass is 16.5. The monoisotopic (exact) mass is 339 g/mol. The first kappa shape index (κ1) is 16.0. The van der Waals surface area contributed by atoms with Crippen molar-refractivity contribution >= 4 is 5.91 Å². The lowest BCUT2D eigenvalue weighted by Gasteiger charge is -2.32. The Labute approximate surface area is 146 Å². The number of aromatic nitrogens is 2. The minimum Gasteiger partial charge on any atom is -0.470 e. The zero-order chi connectivity index (χ0) is 17.1. The Morgan fingerprint density at radius 1 is 1.20 bits per heavy atom. The van der Waals surface area contributed by atoms with Gasteiger partial charge in [0.05, 0.1) is 19.0 Å². The SMILES string of the molecule is O=C(Cc1ccccn1)N1C[C@H](Oc2ccccn2)[C@H]2OCCC[C@H]21. The number of ether oxygens (including phenoxy) is 2. The van der Waals surface area contributed by atoms with Crippen LogP contribution in [0, 0.1) is 0 Å². The Bertz CT molecular complexity index is 710. The molecule has 0 radical (unpaired) electrons. The van der Waals surface area contributed by atoms with Crippen molar-refractivity contribution in [2.24, 2.45) is 0 Å². The quantitative estimate of drug-likeness (QED) is 0.851. The van der Waals surface area contributed by atoms with E-state index < -0.39 is 0 Å². The van der Waals surface area contributed by atoms with Crippen LogP contribution in [-0.2, 0) is 16.0 Å². The molecule has 0 spiro atoms. The van der Waals surface area contributed by atoms with Crippen molar-refractivity contribution < 1.29 is 14.3 Å². The van der Waals surface area contributed by atoms with Gasteiger partial charge >= 0.3 is 0 Å². The van der Waals surface area contributed by atoms with E-state index in [1.165, 1.54) is 0 Å². The van der Waals surface area contributed by atoms with Gasteiger partial charge in [-0.25, -0.2) is 4.98 Å². The first-order valence-electron chi connectivity index (χ1n) is 8.70. The summed E-state index contributed by atoms with van der Waals surface area (Å²) in [5.41, 5.74) is 0.787. The lowest BCUT2D eigenvalue weighted by molar-refractivity contribution is -0.134. The van der Waals surface area contributed by atoms with E-state index in [1.54, 1.807) is 12.4 Å². The highest BCUT2D eigenvalue weighted by molar-refractivity contribution is 5.79. The minimum absolute atomic E-state index is 0.0682. The van der Waals surface area contributed by atoms with E-state index in [0.29, 0.717) is 25.5 Å². The third kappa shape index (κ3) is 3.49. The van der Waals surface area contributed by atoms with Crippen molar-refractivity contribution in [3.63, 3.8) is 0 Å². The molecule has 0 unspecified atom stereocenters. The molecule has 6 heteroatoms. The molecule has 0 bridgehead atoms. The Hall–Kier alpha value is -2.47. The molecule has 0 aromatic carbocycles. The van der Waals surface area contributed by atoms with E-state index in [-0.39, 0.29) is 24.2 Å². The molecule has 2 saturated heterocycles. The van der Waals surface area contributed by atoms with Crippen LogP contribution in [0.3, 0.4) is 0 Å². The molecule has 2 aliphatic rings. The second-order valence-corrected chi connectivity index (χ2v) is 6.41. The number of carbonyl (C=O) groups is 1. The van der Waals surface area contributed by atoms with Crippen molar-refractivity contribution in [1.29, 1.82) is 0 Å². The van der Waals surface area contributed by atoms with Gasteiger partial charge in [-0.05, 0) is 31.0 Å². The van der Waals surface area contributed by atoms with Gasteiger partial charge in [0.2, 0.25) is 11.8 Å². The number of rotatable bonds is 4. The van der Waals surface area contributed by atoms with Gasteiger partial charge in [0.25, 0.3) is 0 Å². The fourth-order valence-corrected chi connectivity index (χ4v) is 3.63. The molecule has 4 heterocycles. The summed E-state index contributed by atoms with van der Waals surface area (Å²) in [7, 11) is 0. The summed E-state index contributed by atoms with van der Waals surface area (Å²) in [6, 6.07) is 11.3. The summed E-state index contributed by atoms with van der Waals surface area (Å²) in [5, 5.41) is 0. The maximum absolute atomic E-state index is 12.8. The van der Waals surface area contributed by atoms with Crippen LogP contribution in [0.2, 0.25) is 0 Å². The molecular weight excluding hydrogens is 318 g/mol. The normalized spacial score (nSPS) is 25.4. The second-order valence-electron chi connectivity index (χ2n) is 6.41. The lowest BCUT2D eigenvalue weighted by Crippen LogP contribution is -2.44. The molecule has 0 saturated carbocycles. The summed E-state index contributed by atoms with van der Waals surface area (Å²) in [5.74, 6) is 0.644. The van der Waals surface area contributed by atoms with Gasteiger partial charge in [-0.3, -0.25) is 9.78 Å². The summed E-state index contributed by atoms with van der Waals surface area (Å²) in [4.78, 5) is 23.2. The zero-order valence-electron chi connectivity index (χ0n) is 14.0. The van der Waals surface area contributed by atoms with Gasteiger partial charge in [0.1, 0.15) is 12.2 Å². The van der Waals surface area contributed by atoms with Crippen molar-refractivity contribution in [3.05, 3.63) is 54.5 Å². The van der Waals surface area contributed by atoms with Crippen LogP contribution in [0.4, 0.5) is 0 Å². The number of nitrogens with zero attached hydrogens (tertiary/aromatic N) is 3. The molecule has 0 aliphatic carbocycles. The Kier molecular flexibility index (Phi) is 4.61. The molecule has 6 nitrogen and oxygen atoms in total. The number of fused-ring (bicyclic) bond motifs is 1. The lowest BCUT2D eigenvalue weighted by atomic mass is 10.0. The molecule has 2 fully saturated rings. The maximum atomic E-state index is 12.8. The fraction of sp³-hybridized carbons (Fsp3) is 0.421. The van der Waals surface area contributed by atoms with E-state index in [0.717, 1.165) is 18.5 Å². The van der Waals surface area contributed by atoms with Gasteiger partial charge in [-0.15, -0.1) is 0 Å². The first-order valence-corrected chi connectivity index (χ1v) is 8.70. The van der Waals surface area contributed by atoms with Crippen LogP contribution in [-0.4, -0.2) is 52.2 Å². The minimum atomic E-state index is -0.187. The summed E-state index contributed by atoms with van der Waals surface area (Å²) in [6.45, 7) is 1.24. The van der Waals surface area contributed by atoms with Crippen LogP contribution in [0.15, 0.2) is 48.8 Å². The Morgan fingerprint density at radius 2 is 2.04 bits per heavy atom. The average molecular weight is 339 g/mol. The van der Waals surface area contributed by atoms with Crippen molar-refractivity contribution in [2.75, 3.05) is 13.2 Å². The smallest absolute Gasteiger partial charge is 0.229 e. The van der Waals surface area contributed by atoms with E-state index in [9.17, 15) is 4.79 Å². The van der Waals surface area contributed by atoms with Crippen LogP contribution < -0.4 is 4.74 Å². The largest absolute Gasteiger partial charge is 0.470 e. The third-order valence-corrected chi connectivity index (χ3v) is 4.77. The molecule has 2 aromatic heterocycles. The number of hydrogen-bond donors (Lipinski definition) is 0. The van der Waals surface area contributed by atoms with Crippen LogP contribution in [0.5, 0.6) is 5.88 Å². The molecule has 0 N–H and O–H groups in total. The molecule has 1 amide bonds. The summed E-state index contributed by atoms with van der Waals surface area (Å²) < 4.78 is 12.0. The van der Waals surface area contributed by atoms with Crippen LogP contribution >= 0.6 is 0 Å². The molecule has 2 aromatic rings. The number of amides is 1. The number of carbonyl (C=O) groups excluding carboxylic acids is 1. The topological polar surface area (TPSA) is 64.6 Å². The van der Waals surface area contributed by atoms with Crippen molar-refractivity contribution in [1.82, 2.24) is 14.9 Å². The fourth-order valence-electron chi connectivity index (χ4n) is 3.63.